The van der Waals surface area contributed by atoms with Gasteiger partial charge in [-0.2, -0.15) is 5.10 Å². The van der Waals surface area contributed by atoms with Crippen LogP contribution in [0.15, 0.2) is 36.9 Å². The fraction of sp³-hybridized carbons (Fsp3) is 0.385. The second-order valence-corrected chi connectivity index (χ2v) is 4.10. The lowest BCUT2D eigenvalue weighted by Crippen LogP contribution is -2.17. The molecule has 2 aromatic heterocycles. The van der Waals surface area contributed by atoms with Crippen LogP contribution in [-0.4, -0.2) is 21.3 Å². The second kappa shape index (κ2) is 6.15. The molecule has 0 atom stereocenters. The first-order chi connectivity index (χ1) is 8.36. The Labute approximate surface area is 102 Å². The van der Waals surface area contributed by atoms with Crippen molar-refractivity contribution >= 4 is 0 Å². The smallest absolute Gasteiger partial charge is 0.0489 e. The normalized spacial score (nSPS) is 10.6. The Hall–Kier alpha value is -1.68. The van der Waals surface area contributed by atoms with E-state index < -0.39 is 0 Å². The van der Waals surface area contributed by atoms with Crippen LogP contribution in [0.25, 0.3) is 0 Å². The fourth-order valence-electron chi connectivity index (χ4n) is 1.70. The number of nitrogens with zero attached hydrogens (tertiary/aromatic N) is 3. The zero-order valence-electron chi connectivity index (χ0n) is 10.1. The number of hydrogen-bond donors (Lipinski definition) is 1. The average Bonchev–Trinajstić information content (AvgIpc) is 2.84. The van der Waals surface area contributed by atoms with Crippen LogP contribution in [0.4, 0.5) is 0 Å². The van der Waals surface area contributed by atoms with E-state index in [2.05, 4.69) is 22.3 Å². The van der Waals surface area contributed by atoms with E-state index >= 15 is 0 Å². The molecule has 0 radical (unpaired) electrons. The van der Waals surface area contributed by atoms with Crippen molar-refractivity contribution in [2.45, 2.75) is 26.4 Å². The van der Waals surface area contributed by atoms with Crippen molar-refractivity contribution in [1.82, 2.24) is 20.1 Å². The first-order valence-corrected chi connectivity index (χ1v) is 5.94. The van der Waals surface area contributed by atoms with Gasteiger partial charge in [-0.1, -0.05) is 0 Å². The van der Waals surface area contributed by atoms with Crippen LogP contribution in [0, 0.1) is 6.92 Å². The highest BCUT2D eigenvalue weighted by Crippen LogP contribution is 2.03. The summed E-state index contributed by atoms with van der Waals surface area (Å²) in [7, 11) is 0. The molecular formula is C13H18N4. The van der Waals surface area contributed by atoms with E-state index in [0.29, 0.717) is 0 Å². The number of aryl methyl sites for hydroxylation is 2. The van der Waals surface area contributed by atoms with Crippen LogP contribution >= 0.6 is 0 Å². The Balaban J connectivity index is 1.65. The molecule has 0 spiro atoms. The fourth-order valence-corrected chi connectivity index (χ4v) is 1.70. The maximum Gasteiger partial charge on any atom is 0.0489 e. The summed E-state index contributed by atoms with van der Waals surface area (Å²) < 4.78 is 1.96. The monoisotopic (exact) mass is 230 g/mol. The van der Waals surface area contributed by atoms with Gasteiger partial charge >= 0.3 is 0 Å². The van der Waals surface area contributed by atoms with Crippen molar-refractivity contribution in [1.29, 1.82) is 0 Å². The van der Waals surface area contributed by atoms with Gasteiger partial charge in [-0.05, 0) is 43.1 Å². The summed E-state index contributed by atoms with van der Waals surface area (Å²) in [6, 6.07) is 3.99. The predicted octanol–water partition coefficient (Wildman–Crippen LogP) is 1.77. The van der Waals surface area contributed by atoms with Gasteiger partial charge in [0.05, 0.1) is 0 Å². The van der Waals surface area contributed by atoms with E-state index in [1.807, 2.05) is 41.6 Å². The third kappa shape index (κ3) is 3.67. The maximum absolute atomic E-state index is 4.17. The molecule has 0 fully saturated rings. The maximum atomic E-state index is 4.17. The number of pyridine rings is 1. The highest BCUT2D eigenvalue weighted by molar-refractivity contribution is 5.20. The Morgan fingerprint density at radius 3 is 3.06 bits per heavy atom. The first kappa shape index (κ1) is 11.8. The lowest BCUT2D eigenvalue weighted by molar-refractivity contribution is 0.542. The van der Waals surface area contributed by atoms with Gasteiger partial charge in [-0.3, -0.25) is 9.67 Å². The average molecular weight is 230 g/mol. The van der Waals surface area contributed by atoms with E-state index in [0.717, 1.165) is 26.1 Å². The molecule has 4 heteroatoms. The molecule has 0 saturated heterocycles. The zero-order valence-corrected chi connectivity index (χ0v) is 10.1. The van der Waals surface area contributed by atoms with Crippen molar-refractivity contribution in [3.8, 4) is 0 Å². The highest BCUT2D eigenvalue weighted by atomic mass is 15.3. The van der Waals surface area contributed by atoms with E-state index in [4.69, 9.17) is 0 Å². The number of aromatic nitrogens is 3. The molecule has 0 unspecified atom stereocenters. The molecule has 17 heavy (non-hydrogen) atoms. The summed E-state index contributed by atoms with van der Waals surface area (Å²) in [5.74, 6) is 0. The largest absolute Gasteiger partial charge is 0.313 e. The molecule has 0 aliphatic heterocycles. The molecule has 90 valence electrons. The molecule has 0 aliphatic carbocycles. The Kier molecular flexibility index (Phi) is 4.27. The van der Waals surface area contributed by atoms with Gasteiger partial charge < -0.3 is 5.32 Å². The van der Waals surface area contributed by atoms with Gasteiger partial charge in [0.2, 0.25) is 0 Å². The molecule has 2 aromatic rings. The van der Waals surface area contributed by atoms with Gasteiger partial charge in [-0.15, -0.1) is 0 Å². The third-order valence-electron chi connectivity index (χ3n) is 2.76. The number of rotatable bonds is 6. The SMILES string of the molecule is Cc1ccncc1CNCCCn1cccn1. The zero-order chi connectivity index (χ0) is 11.9. The third-order valence-corrected chi connectivity index (χ3v) is 2.76. The molecule has 2 heterocycles. The van der Waals surface area contributed by atoms with Crippen LogP contribution < -0.4 is 5.32 Å². The summed E-state index contributed by atoms with van der Waals surface area (Å²) >= 11 is 0. The summed E-state index contributed by atoms with van der Waals surface area (Å²) in [6.07, 6.45) is 8.64. The summed E-state index contributed by atoms with van der Waals surface area (Å²) in [5, 5.41) is 7.59. The topological polar surface area (TPSA) is 42.7 Å². The molecule has 4 nitrogen and oxygen atoms in total. The van der Waals surface area contributed by atoms with Gasteiger partial charge in [0.15, 0.2) is 0 Å². The lowest BCUT2D eigenvalue weighted by atomic mass is 10.1. The Bertz CT molecular complexity index is 436. The van der Waals surface area contributed by atoms with E-state index in [1.54, 1.807) is 0 Å². The van der Waals surface area contributed by atoms with E-state index in [9.17, 15) is 0 Å². The molecule has 2 rings (SSSR count). The summed E-state index contributed by atoms with van der Waals surface area (Å²) in [4.78, 5) is 4.13. The predicted molar refractivity (Wildman–Crippen MR) is 67.5 cm³/mol. The minimum atomic E-state index is 0.888. The van der Waals surface area contributed by atoms with Crippen LogP contribution in [0.1, 0.15) is 17.5 Å². The van der Waals surface area contributed by atoms with Crippen LogP contribution in [-0.2, 0) is 13.1 Å². The van der Waals surface area contributed by atoms with Gasteiger partial charge in [0, 0.05) is 37.9 Å². The molecule has 0 saturated carbocycles. The van der Waals surface area contributed by atoms with Crippen molar-refractivity contribution in [3.05, 3.63) is 48.0 Å². The van der Waals surface area contributed by atoms with Crippen LogP contribution in [0.2, 0.25) is 0 Å². The quantitative estimate of drug-likeness (QED) is 0.769. The van der Waals surface area contributed by atoms with Crippen molar-refractivity contribution in [3.63, 3.8) is 0 Å². The van der Waals surface area contributed by atoms with Crippen molar-refractivity contribution in [2.24, 2.45) is 0 Å². The van der Waals surface area contributed by atoms with Gasteiger partial charge in [-0.25, -0.2) is 0 Å². The van der Waals surface area contributed by atoms with Crippen molar-refractivity contribution in [2.75, 3.05) is 6.54 Å². The minimum Gasteiger partial charge on any atom is -0.313 e. The molecule has 0 amide bonds. The number of nitrogens with one attached hydrogen (secondary N) is 1. The van der Waals surface area contributed by atoms with Crippen LogP contribution in [0.3, 0.4) is 0 Å². The van der Waals surface area contributed by atoms with Gasteiger partial charge in [0.1, 0.15) is 0 Å². The Morgan fingerprint density at radius 1 is 1.35 bits per heavy atom. The molecular weight excluding hydrogens is 212 g/mol. The van der Waals surface area contributed by atoms with E-state index in [1.165, 1.54) is 11.1 Å². The summed E-state index contributed by atoms with van der Waals surface area (Å²) in [5.41, 5.74) is 2.56. The van der Waals surface area contributed by atoms with Gasteiger partial charge in [0.25, 0.3) is 0 Å². The highest BCUT2D eigenvalue weighted by Gasteiger charge is 1.97. The molecule has 0 aromatic carbocycles. The van der Waals surface area contributed by atoms with E-state index in [-0.39, 0.29) is 0 Å². The minimum absolute atomic E-state index is 0.888. The summed E-state index contributed by atoms with van der Waals surface area (Å²) in [6.45, 7) is 4.96. The molecule has 0 aliphatic rings. The Morgan fingerprint density at radius 2 is 2.29 bits per heavy atom. The molecule has 1 N–H and O–H groups in total. The lowest BCUT2D eigenvalue weighted by Gasteiger charge is -2.07. The second-order valence-electron chi connectivity index (χ2n) is 4.10. The van der Waals surface area contributed by atoms with Crippen LogP contribution in [0.5, 0.6) is 0 Å². The standard InChI is InChI=1S/C13H18N4/c1-12-4-7-15-11-13(12)10-14-5-2-8-17-9-3-6-16-17/h3-4,6-7,9,11,14H,2,5,8,10H2,1H3. The first-order valence-electron chi connectivity index (χ1n) is 5.94. The molecule has 0 bridgehead atoms. The van der Waals surface area contributed by atoms with Crippen molar-refractivity contribution < 1.29 is 0 Å². The number of hydrogen-bond acceptors (Lipinski definition) is 3.